The van der Waals surface area contributed by atoms with Gasteiger partial charge in [0.15, 0.2) is 6.61 Å². The van der Waals surface area contributed by atoms with Crippen molar-refractivity contribution in [1.82, 2.24) is 4.90 Å². The predicted octanol–water partition coefficient (Wildman–Crippen LogP) is 1.54. The Morgan fingerprint density at radius 3 is 2.43 bits per heavy atom. The second-order valence-electron chi connectivity index (χ2n) is 7.39. The molecule has 2 bridgehead atoms. The highest BCUT2D eigenvalue weighted by Gasteiger charge is 2.59. The molecule has 11 heteroatoms. The van der Waals surface area contributed by atoms with E-state index in [1.54, 1.807) is 0 Å². The lowest BCUT2D eigenvalue weighted by Crippen LogP contribution is -2.38. The van der Waals surface area contributed by atoms with Crippen molar-refractivity contribution in [2.24, 2.45) is 23.7 Å². The molecule has 1 saturated heterocycles. The molecule has 4 atom stereocenters. The Morgan fingerprint density at radius 1 is 1.20 bits per heavy atom. The van der Waals surface area contributed by atoms with Crippen LogP contribution < -0.4 is 5.32 Å². The summed E-state index contributed by atoms with van der Waals surface area (Å²) in [5.74, 6) is -3.22. The third kappa shape index (κ3) is 3.43. The summed E-state index contributed by atoms with van der Waals surface area (Å²) in [6, 6.07) is 3.51. The van der Waals surface area contributed by atoms with Crippen molar-refractivity contribution in [2.45, 2.75) is 6.42 Å². The van der Waals surface area contributed by atoms with Gasteiger partial charge in [-0.3, -0.25) is 34.2 Å². The molecule has 3 amide bonds. The van der Waals surface area contributed by atoms with E-state index in [2.05, 4.69) is 5.32 Å². The number of anilines is 1. The molecule has 1 N–H and O–H groups in total. The number of hydrogen-bond donors (Lipinski definition) is 1. The number of carbonyl (C=O) groups is 4. The maximum Gasteiger partial charge on any atom is 0.326 e. The van der Waals surface area contributed by atoms with Gasteiger partial charge in [0.1, 0.15) is 6.54 Å². The zero-order valence-electron chi connectivity index (χ0n) is 15.4. The highest BCUT2D eigenvalue weighted by atomic mass is 35.5. The van der Waals surface area contributed by atoms with Crippen molar-refractivity contribution in [3.05, 3.63) is 45.5 Å². The van der Waals surface area contributed by atoms with Gasteiger partial charge in [-0.2, -0.15) is 0 Å². The van der Waals surface area contributed by atoms with Crippen LogP contribution in [0.1, 0.15) is 6.42 Å². The number of nitrogens with zero attached hydrogens (tertiary/aromatic N) is 2. The van der Waals surface area contributed by atoms with Crippen LogP contribution in [0.25, 0.3) is 0 Å². The predicted molar refractivity (Wildman–Crippen MR) is 102 cm³/mol. The lowest BCUT2D eigenvalue weighted by Gasteiger charge is -2.16. The number of ether oxygens (including phenoxy) is 1. The Kier molecular flexibility index (Phi) is 5.02. The third-order valence-corrected chi connectivity index (χ3v) is 5.98. The zero-order valence-corrected chi connectivity index (χ0v) is 16.2. The van der Waals surface area contributed by atoms with Gasteiger partial charge in [-0.15, -0.1) is 0 Å². The molecule has 3 aliphatic rings. The average molecular weight is 434 g/mol. The Balaban J connectivity index is 1.31. The molecule has 10 nitrogen and oxygen atoms in total. The van der Waals surface area contributed by atoms with Gasteiger partial charge in [0.25, 0.3) is 11.6 Å². The van der Waals surface area contributed by atoms with Crippen LogP contribution in [0, 0.1) is 33.8 Å². The summed E-state index contributed by atoms with van der Waals surface area (Å²) in [6.07, 6.45) is 4.68. The number of halogens is 1. The SMILES string of the molecule is O=C(COC(=O)CN1C(=O)C2C3C=CC(C3)C2C1=O)Nc1cc([N+](=O)[O-])ccc1Cl. The minimum atomic E-state index is -0.905. The Bertz CT molecular complexity index is 978. The normalized spacial score (nSPS) is 26.1. The van der Waals surface area contributed by atoms with Crippen LogP contribution in [0.3, 0.4) is 0 Å². The molecule has 0 radical (unpaired) electrons. The van der Waals surface area contributed by atoms with Gasteiger partial charge >= 0.3 is 5.97 Å². The van der Waals surface area contributed by atoms with Crippen molar-refractivity contribution >= 4 is 46.7 Å². The van der Waals surface area contributed by atoms with E-state index < -0.39 is 41.8 Å². The van der Waals surface area contributed by atoms with E-state index in [-0.39, 0.29) is 40.0 Å². The fraction of sp³-hybridized carbons (Fsp3) is 0.368. The molecule has 0 spiro atoms. The number of esters is 1. The van der Waals surface area contributed by atoms with Gasteiger partial charge in [0.2, 0.25) is 11.8 Å². The molecule has 2 aliphatic carbocycles. The number of benzene rings is 1. The maximum absolute atomic E-state index is 12.5. The van der Waals surface area contributed by atoms with E-state index in [9.17, 15) is 29.3 Å². The van der Waals surface area contributed by atoms with Crippen molar-refractivity contribution in [1.29, 1.82) is 0 Å². The molecule has 1 heterocycles. The summed E-state index contributed by atoms with van der Waals surface area (Å²) in [4.78, 5) is 60.2. The lowest BCUT2D eigenvalue weighted by atomic mass is 9.85. The summed E-state index contributed by atoms with van der Waals surface area (Å²) in [6.45, 7) is -1.26. The fourth-order valence-corrected chi connectivity index (χ4v) is 4.51. The molecule has 4 rings (SSSR count). The molecule has 1 saturated carbocycles. The van der Waals surface area contributed by atoms with Crippen LogP contribution in [-0.2, 0) is 23.9 Å². The van der Waals surface area contributed by atoms with Crippen LogP contribution in [0.2, 0.25) is 5.02 Å². The topological polar surface area (TPSA) is 136 Å². The van der Waals surface area contributed by atoms with Crippen molar-refractivity contribution in [2.75, 3.05) is 18.5 Å². The Hall–Kier alpha value is -3.27. The van der Waals surface area contributed by atoms with Gasteiger partial charge in [-0.05, 0) is 24.3 Å². The number of fused-ring (bicyclic) bond motifs is 5. The maximum atomic E-state index is 12.5. The van der Waals surface area contributed by atoms with Crippen LogP contribution in [0.4, 0.5) is 11.4 Å². The highest BCUT2D eigenvalue weighted by molar-refractivity contribution is 6.33. The van der Waals surface area contributed by atoms with Gasteiger partial charge < -0.3 is 10.1 Å². The van der Waals surface area contributed by atoms with Gasteiger partial charge in [0.05, 0.1) is 27.5 Å². The molecule has 30 heavy (non-hydrogen) atoms. The lowest BCUT2D eigenvalue weighted by molar-refractivity contribution is -0.384. The van der Waals surface area contributed by atoms with Gasteiger partial charge in [0, 0.05) is 12.1 Å². The Morgan fingerprint density at radius 2 is 1.83 bits per heavy atom. The van der Waals surface area contributed by atoms with E-state index in [1.807, 2.05) is 12.2 Å². The first-order valence-corrected chi connectivity index (χ1v) is 9.57. The van der Waals surface area contributed by atoms with Crippen LogP contribution in [0.15, 0.2) is 30.4 Å². The number of carbonyl (C=O) groups excluding carboxylic acids is 4. The molecule has 2 fully saturated rings. The summed E-state index contributed by atoms with van der Waals surface area (Å²) >= 11 is 5.90. The third-order valence-electron chi connectivity index (χ3n) is 5.65. The summed E-state index contributed by atoms with van der Waals surface area (Å²) in [5.41, 5.74) is -0.278. The van der Waals surface area contributed by atoms with Crippen molar-refractivity contribution in [3.63, 3.8) is 0 Å². The number of rotatable bonds is 6. The van der Waals surface area contributed by atoms with Crippen LogP contribution >= 0.6 is 11.6 Å². The van der Waals surface area contributed by atoms with Crippen molar-refractivity contribution < 1.29 is 28.8 Å². The standard InChI is InChI=1S/C19H16ClN3O7/c20-12-4-3-11(23(28)29)6-13(12)21-14(24)8-30-15(25)7-22-18(26)16-9-1-2-10(5-9)17(16)19(22)27/h1-4,6,9-10,16-17H,5,7-8H2,(H,21,24). The minimum Gasteiger partial charge on any atom is -0.454 e. The first-order chi connectivity index (χ1) is 14.3. The molecule has 1 aromatic carbocycles. The zero-order chi connectivity index (χ0) is 21.6. The first-order valence-electron chi connectivity index (χ1n) is 9.19. The summed E-state index contributed by atoms with van der Waals surface area (Å²) in [5, 5.41) is 13.2. The quantitative estimate of drug-likeness (QED) is 0.236. The molecular weight excluding hydrogens is 418 g/mol. The van der Waals surface area contributed by atoms with Crippen molar-refractivity contribution in [3.8, 4) is 0 Å². The minimum absolute atomic E-state index is 0.00684. The molecule has 1 aliphatic heterocycles. The number of allylic oxidation sites excluding steroid dienone is 2. The molecule has 1 aromatic rings. The number of nitrogens with one attached hydrogen (secondary N) is 1. The average Bonchev–Trinajstić information content (AvgIpc) is 3.38. The summed E-state index contributed by atoms with van der Waals surface area (Å²) < 4.78 is 4.85. The monoisotopic (exact) mass is 433 g/mol. The fourth-order valence-electron chi connectivity index (χ4n) is 4.35. The molecule has 4 unspecified atom stereocenters. The Labute approximate surface area is 174 Å². The van der Waals surface area contributed by atoms with Gasteiger partial charge in [-0.25, -0.2) is 0 Å². The second kappa shape index (κ2) is 7.52. The van der Waals surface area contributed by atoms with E-state index >= 15 is 0 Å². The molecule has 0 aromatic heterocycles. The smallest absolute Gasteiger partial charge is 0.326 e. The van der Waals surface area contributed by atoms with Crippen LogP contribution in [0.5, 0.6) is 0 Å². The number of imide groups is 1. The van der Waals surface area contributed by atoms with E-state index in [1.165, 1.54) is 12.1 Å². The second-order valence-corrected chi connectivity index (χ2v) is 7.80. The molecule has 156 valence electrons. The largest absolute Gasteiger partial charge is 0.454 e. The van der Waals surface area contributed by atoms with E-state index in [0.29, 0.717) is 0 Å². The number of amides is 3. The number of hydrogen-bond acceptors (Lipinski definition) is 7. The first kappa shape index (κ1) is 20.0. The highest BCUT2D eigenvalue weighted by Crippen LogP contribution is 2.52. The van der Waals surface area contributed by atoms with Crippen LogP contribution in [-0.4, -0.2) is 46.7 Å². The number of non-ortho nitro benzene ring substituents is 1. The van der Waals surface area contributed by atoms with E-state index in [0.717, 1.165) is 17.4 Å². The number of nitro groups is 1. The number of nitro benzene ring substituents is 1. The number of likely N-dealkylation sites (tertiary alicyclic amines) is 1. The molecular formula is C19H16ClN3O7. The van der Waals surface area contributed by atoms with Gasteiger partial charge in [-0.1, -0.05) is 23.8 Å². The summed E-state index contributed by atoms with van der Waals surface area (Å²) in [7, 11) is 0. The van der Waals surface area contributed by atoms with E-state index in [4.69, 9.17) is 16.3 Å².